The number of alkyl halides is 1. The molecule has 0 saturated carbocycles. The molecule has 1 rings (SSSR count). The van der Waals surface area contributed by atoms with Crippen LogP contribution in [0.1, 0.15) is 27.2 Å². The van der Waals surface area contributed by atoms with E-state index in [2.05, 4.69) is 36.7 Å². The number of likely N-dealkylation sites (tertiary alicyclic amines) is 1. The number of hydrogen-bond donors (Lipinski definition) is 1. The molecular weight excluding hydrogens is 258 g/mol. The van der Waals surface area contributed by atoms with E-state index in [9.17, 15) is 9.90 Å². The molecule has 1 N–H and O–H groups in total. The molecule has 88 valence electrons. The highest BCUT2D eigenvalue weighted by Crippen LogP contribution is 2.30. The van der Waals surface area contributed by atoms with E-state index in [1.54, 1.807) is 0 Å². The van der Waals surface area contributed by atoms with Gasteiger partial charge in [-0.3, -0.25) is 4.79 Å². The van der Waals surface area contributed by atoms with Gasteiger partial charge in [-0.15, -0.1) is 0 Å². The molecule has 1 fully saturated rings. The topological polar surface area (TPSA) is 40.5 Å². The summed E-state index contributed by atoms with van der Waals surface area (Å²) in [6.07, 6.45) is 0.609. The van der Waals surface area contributed by atoms with Crippen molar-refractivity contribution in [2.24, 2.45) is 11.3 Å². The minimum atomic E-state index is -0.0639. The third kappa shape index (κ3) is 2.94. The van der Waals surface area contributed by atoms with Crippen LogP contribution in [0.25, 0.3) is 0 Å². The first-order chi connectivity index (χ1) is 6.90. The van der Waals surface area contributed by atoms with Crippen LogP contribution < -0.4 is 0 Å². The number of aliphatic hydroxyl groups is 1. The van der Waals surface area contributed by atoms with Crippen molar-refractivity contribution in [1.82, 2.24) is 4.90 Å². The smallest absolute Gasteiger partial charge is 0.223 e. The van der Waals surface area contributed by atoms with E-state index in [1.165, 1.54) is 0 Å². The average Bonchev–Trinajstić information content (AvgIpc) is 2.46. The maximum absolute atomic E-state index is 11.8. The van der Waals surface area contributed by atoms with Gasteiger partial charge in [0.15, 0.2) is 0 Å². The van der Waals surface area contributed by atoms with E-state index in [4.69, 9.17) is 0 Å². The van der Waals surface area contributed by atoms with Crippen molar-refractivity contribution in [2.75, 3.05) is 18.5 Å². The number of carbonyl (C=O) groups is 1. The lowest BCUT2D eigenvalue weighted by molar-refractivity contribution is -0.133. The van der Waals surface area contributed by atoms with Crippen molar-refractivity contribution < 1.29 is 9.90 Å². The SMILES string of the molecule is CC(C)(C)[C@@H](CO)N1CC(CBr)CC1=O. The van der Waals surface area contributed by atoms with Gasteiger partial charge >= 0.3 is 0 Å². The van der Waals surface area contributed by atoms with Crippen molar-refractivity contribution in [2.45, 2.75) is 33.2 Å². The van der Waals surface area contributed by atoms with Crippen LogP contribution in [-0.4, -0.2) is 40.4 Å². The molecule has 15 heavy (non-hydrogen) atoms. The van der Waals surface area contributed by atoms with E-state index < -0.39 is 0 Å². The Bertz CT molecular complexity index is 237. The van der Waals surface area contributed by atoms with Gasteiger partial charge in [0.05, 0.1) is 12.6 Å². The fourth-order valence-corrected chi connectivity index (χ4v) is 2.49. The van der Waals surface area contributed by atoms with Crippen LogP contribution in [0.4, 0.5) is 0 Å². The lowest BCUT2D eigenvalue weighted by Crippen LogP contribution is -2.47. The van der Waals surface area contributed by atoms with Gasteiger partial charge in [0.1, 0.15) is 0 Å². The molecular formula is C11H20BrNO2. The minimum Gasteiger partial charge on any atom is -0.394 e. The molecule has 1 heterocycles. The molecule has 0 aromatic heterocycles. The minimum absolute atomic E-state index is 0.0459. The first-order valence-electron chi connectivity index (χ1n) is 5.36. The number of nitrogens with zero attached hydrogens (tertiary/aromatic N) is 1. The Kier molecular flexibility index (Phi) is 4.18. The van der Waals surface area contributed by atoms with Gasteiger partial charge in [-0.1, -0.05) is 36.7 Å². The highest BCUT2D eigenvalue weighted by molar-refractivity contribution is 9.09. The highest BCUT2D eigenvalue weighted by Gasteiger charge is 2.38. The average molecular weight is 278 g/mol. The van der Waals surface area contributed by atoms with E-state index in [0.717, 1.165) is 11.9 Å². The van der Waals surface area contributed by atoms with Crippen molar-refractivity contribution in [3.63, 3.8) is 0 Å². The standard InChI is InChI=1S/C11H20BrNO2/c1-11(2,3)9(7-14)13-6-8(5-12)4-10(13)15/h8-9,14H,4-7H2,1-3H3/t8?,9-/m1/s1. The zero-order valence-corrected chi connectivity index (χ0v) is 11.2. The van der Waals surface area contributed by atoms with Crippen LogP contribution in [0.2, 0.25) is 0 Å². The van der Waals surface area contributed by atoms with Crippen molar-refractivity contribution in [3.05, 3.63) is 0 Å². The fourth-order valence-electron chi connectivity index (χ4n) is 2.05. The van der Waals surface area contributed by atoms with E-state index in [0.29, 0.717) is 12.3 Å². The van der Waals surface area contributed by atoms with Crippen LogP contribution in [0.3, 0.4) is 0 Å². The van der Waals surface area contributed by atoms with E-state index in [1.807, 2.05) is 4.90 Å². The van der Waals surface area contributed by atoms with Gasteiger partial charge in [0, 0.05) is 18.3 Å². The molecule has 1 saturated heterocycles. The lowest BCUT2D eigenvalue weighted by Gasteiger charge is -2.36. The number of hydrogen-bond acceptors (Lipinski definition) is 2. The maximum Gasteiger partial charge on any atom is 0.223 e. The number of carbonyl (C=O) groups excluding carboxylic acids is 1. The Hall–Kier alpha value is -0.0900. The van der Waals surface area contributed by atoms with Gasteiger partial charge in [-0.2, -0.15) is 0 Å². The van der Waals surface area contributed by atoms with Crippen molar-refractivity contribution >= 4 is 21.8 Å². The lowest BCUT2D eigenvalue weighted by atomic mass is 9.86. The molecule has 1 aliphatic rings. The summed E-state index contributed by atoms with van der Waals surface area (Å²) in [7, 11) is 0. The quantitative estimate of drug-likeness (QED) is 0.797. The second-order valence-corrected chi connectivity index (χ2v) is 5.98. The molecule has 3 nitrogen and oxygen atoms in total. The Morgan fingerprint density at radius 2 is 2.20 bits per heavy atom. The number of amides is 1. The van der Waals surface area contributed by atoms with Crippen LogP contribution in [-0.2, 0) is 4.79 Å². The highest BCUT2D eigenvalue weighted by atomic mass is 79.9. The molecule has 1 amide bonds. The predicted octanol–water partition coefficient (Wildman–Crippen LogP) is 1.64. The largest absolute Gasteiger partial charge is 0.394 e. The molecule has 0 radical (unpaired) electrons. The number of rotatable bonds is 3. The zero-order valence-electron chi connectivity index (χ0n) is 9.66. The summed E-state index contributed by atoms with van der Waals surface area (Å²) in [4.78, 5) is 13.6. The third-order valence-electron chi connectivity index (χ3n) is 3.01. The first-order valence-corrected chi connectivity index (χ1v) is 6.48. The number of halogens is 1. The normalized spacial score (nSPS) is 24.7. The zero-order chi connectivity index (χ0) is 11.6. The Balaban J connectivity index is 2.74. The third-order valence-corrected chi connectivity index (χ3v) is 3.92. The summed E-state index contributed by atoms with van der Waals surface area (Å²) < 4.78 is 0. The second kappa shape index (κ2) is 4.83. The predicted molar refractivity (Wildman–Crippen MR) is 63.9 cm³/mol. The molecule has 0 bridgehead atoms. The molecule has 0 spiro atoms. The molecule has 2 atom stereocenters. The molecule has 0 aromatic rings. The Morgan fingerprint density at radius 1 is 1.60 bits per heavy atom. The summed E-state index contributed by atoms with van der Waals surface area (Å²) in [6, 6.07) is -0.0611. The van der Waals surface area contributed by atoms with E-state index in [-0.39, 0.29) is 24.0 Å². The molecule has 1 unspecified atom stereocenters. The molecule has 0 aromatic carbocycles. The Labute approximate surface area is 100.0 Å². The van der Waals surface area contributed by atoms with Crippen LogP contribution >= 0.6 is 15.9 Å². The first kappa shape index (κ1) is 13.0. The van der Waals surface area contributed by atoms with Crippen molar-refractivity contribution in [3.8, 4) is 0 Å². The fraction of sp³-hybridized carbons (Fsp3) is 0.909. The van der Waals surface area contributed by atoms with Gasteiger partial charge in [-0.05, 0) is 11.3 Å². The summed E-state index contributed by atoms with van der Waals surface area (Å²) in [5.41, 5.74) is -0.0639. The van der Waals surface area contributed by atoms with Gasteiger partial charge in [0.2, 0.25) is 5.91 Å². The number of aliphatic hydroxyl groups excluding tert-OH is 1. The molecule has 4 heteroatoms. The summed E-state index contributed by atoms with van der Waals surface area (Å²) in [5, 5.41) is 10.3. The maximum atomic E-state index is 11.8. The van der Waals surface area contributed by atoms with Crippen LogP contribution in [0.15, 0.2) is 0 Å². The van der Waals surface area contributed by atoms with Crippen LogP contribution in [0.5, 0.6) is 0 Å². The monoisotopic (exact) mass is 277 g/mol. The summed E-state index contributed by atoms with van der Waals surface area (Å²) in [6.45, 7) is 6.99. The second-order valence-electron chi connectivity index (χ2n) is 5.33. The summed E-state index contributed by atoms with van der Waals surface area (Å²) >= 11 is 3.41. The molecule has 0 aliphatic carbocycles. The van der Waals surface area contributed by atoms with Crippen LogP contribution in [0, 0.1) is 11.3 Å². The van der Waals surface area contributed by atoms with Crippen molar-refractivity contribution in [1.29, 1.82) is 0 Å². The summed E-state index contributed by atoms with van der Waals surface area (Å²) in [5.74, 6) is 0.572. The Morgan fingerprint density at radius 3 is 2.53 bits per heavy atom. The van der Waals surface area contributed by atoms with E-state index >= 15 is 0 Å². The van der Waals surface area contributed by atoms with Gasteiger partial charge in [-0.25, -0.2) is 0 Å². The van der Waals surface area contributed by atoms with Gasteiger partial charge in [0.25, 0.3) is 0 Å². The molecule has 1 aliphatic heterocycles. The van der Waals surface area contributed by atoms with Gasteiger partial charge < -0.3 is 10.0 Å².